The molecule has 2 N–H and O–H groups in total. The van der Waals surface area contributed by atoms with Crippen LogP contribution in [-0.2, 0) is 6.42 Å². The second-order valence-electron chi connectivity index (χ2n) is 9.57. The number of aromatic amines is 1. The Kier molecular flexibility index (Phi) is 8.49. The van der Waals surface area contributed by atoms with E-state index in [4.69, 9.17) is 19.2 Å². The maximum atomic E-state index is 6.08. The van der Waals surface area contributed by atoms with Gasteiger partial charge in [-0.15, -0.1) is 0 Å². The summed E-state index contributed by atoms with van der Waals surface area (Å²) >= 11 is 0. The average Bonchev–Trinajstić information content (AvgIpc) is 3.35. The van der Waals surface area contributed by atoms with Crippen molar-refractivity contribution in [1.82, 2.24) is 19.9 Å². The van der Waals surface area contributed by atoms with Crippen molar-refractivity contribution in [1.29, 1.82) is 0 Å². The lowest BCUT2D eigenvalue weighted by Crippen LogP contribution is -2.27. The normalized spacial score (nSPS) is 11.1. The molecule has 0 bridgehead atoms. The Morgan fingerprint density at radius 1 is 0.800 bits per heavy atom. The zero-order valence-electron chi connectivity index (χ0n) is 23.5. The van der Waals surface area contributed by atoms with Crippen LogP contribution in [0.25, 0.3) is 21.8 Å². The van der Waals surface area contributed by atoms with E-state index < -0.39 is 0 Å². The highest BCUT2D eigenvalue weighted by atomic mass is 16.5. The van der Waals surface area contributed by atoms with Gasteiger partial charge in [-0.3, -0.25) is 0 Å². The highest BCUT2D eigenvalue weighted by Gasteiger charge is 2.15. The van der Waals surface area contributed by atoms with Crippen LogP contribution in [0.4, 0.5) is 17.6 Å². The lowest BCUT2D eigenvalue weighted by molar-refractivity contribution is 0.295. The van der Waals surface area contributed by atoms with E-state index in [0.717, 1.165) is 53.6 Å². The lowest BCUT2D eigenvalue weighted by Gasteiger charge is -2.22. The number of aromatic nitrogens is 4. The summed E-state index contributed by atoms with van der Waals surface area (Å²) in [6, 6.07) is 20.7. The van der Waals surface area contributed by atoms with Gasteiger partial charge in [-0.2, -0.15) is 15.0 Å². The Bertz CT molecular complexity index is 1580. The third-order valence-corrected chi connectivity index (χ3v) is 6.71. The summed E-state index contributed by atoms with van der Waals surface area (Å²) < 4.78 is 16.9. The van der Waals surface area contributed by atoms with Crippen LogP contribution in [0, 0.1) is 0 Å². The highest BCUT2D eigenvalue weighted by molar-refractivity contribution is 6.08. The molecule has 208 valence electrons. The number of rotatable bonds is 13. The van der Waals surface area contributed by atoms with Crippen LogP contribution in [-0.4, -0.2) is 53.9 Å². The maximum absolute atomic E-state index is 6.08. The minimum atomic E-state index is 0.290. The number of anilines is 3. The minimum absolute atomic E-state index is 0.290. The van der Waals surface area contributed by atoms with Crippen LogP contribution < -0.4 is 24.4 Å². The molecule has 9 nitrogen and oxygen atoms in total. The van der Waals surface area contributed by atoms with Gasteiger partial charge in [0.05, 0.1) is 20.8 Å². The number of para-hydroxylation sites is 1. The van der Waals surface area contributed by atoms with E-state index in [0.29, 0.717) is 42.4 Å². The Hall–Kier alpha value is -4.53. The van der Waals surface area contributed by atoms with Crippen LogP contribution in [0.2, 0.25) is 0 Å². The van der Waals surface area contributed by atoms with Crippen molar-refractivity contribution < 1.29 is 14.2 Å². The number of fused-ring (bicyclic) bond motifs is 3. The lowest BCUT2D eigenvalue weighted by atomic mass is 10.1. The van der Waals surface area contributed by atoms with E-state index in [-0.39, 0.29) is 0 Å². The molecule has 9 heteroatoms. The van der Waals surface area contributed by atoms with Crippen molar-refractivity contribution in [2.45, 2.75) is 33.1 Å². The van der Waals surface area contributed by atoms with Crippen molar-refractivity contribution in [3.8, 4) is 17.5 Å². The number of nitrogens with zero attached hydrogens (tertiary/aromatic N) is 4. The first kappa shape index (κ1) is 27.1. The third-order valence-electron chi connectivity index (χ3n) is 6.71. The monoisotopic (exact) mass is 540 g/mol. The van der Waals surface area contributed by atoms with Gasteiger partial charge in [0.1, 0.15) is 0 Å². The SMILES string of the molecule is CCCN(CCC)c1nc(Nc2ccc3[nH]c4ccccc4c3c2)nc(OCCc2ccc(OC)c(OC)c2)n1. The quantitative estimate of drug-likeness (QED) is 0.174. The molecule has 0 spiro atoms. The summed E-state index contributed by atoms with van der Waals surface area (Å²) in [6.07, 6.45) is 2.64. The van der Waals surface area contributed by atoms with E-state index in [1.165, 1.54) is 5.39 Å². The van der Waals surface area contributed by atoms with Crippen molar-refractivity contribution in [3.63, 3.8) is 0 Å². The van der Waals surface area contributed by atoms with Crippen LogP contribution in [0.1, 0.15) is 32.3 Å². The van der Waals surface area contributed by atoms with Crippen molar-refractivity contribution in [2.75, 3.05) is 44.1 Å². The number of hydrogen-bond acceptors (Lipinski definition) is 8. The van der Waals surface area contributed by atoms with Crippen molar-refractivity contribution in [2.24, 2.45) is 0 Å². The van der Waals surface area contributed by atoms with Gasteiger partial charge in [-0.1, -0.05) is 38.1 Å². The summed E-state index contributed by atoms with van der Waals surface area (Å²) in [5.74, 6) is 2.44. The van der Waals surface area contributed by atoms with Gasteiger partial charge in [-0.25, -0.2) is 0 Å². The molecule has 3 aromatic carbocycles. The largest absolute Gasteiger partial charge is 0.493 e. The van der Waals surface area contributed by atoms with Crippen molar-refractivity contribution in [3.05, 3.63) is 66.2 Å². The Morgan fingerprint density at radius 2 is 1.57 bits per heavy atom. The molecule has 0 radical (unpaired) electrons. The zero-order chi connectivity index (χ0) is 27.9. The molecule has 5 aromatic rings. The molecular formula is C31H36N6O3. The minimum Gasteiger partial charge on any atom is -0.493 e. The molecule has 0 aliphatic carbocycles. The smallest absolute Gasteiger partial charge is 0.323 e. The van der Waals surface area contributed by atoms with E-state index in [1.807, 2.05) is 30.3 Å². The van der Waals surface area contributed by atoms with Crippen LogP contribution in [0.5, 0.6) is 17.5 Å². The van der Waals surface area contributed by atoms with E-state index in [1.54, 1.807) is 14.2 Å². The third kappa shape index (κ3) is 6.03. The Morgan fingerprint density at radius 3 is 2.35 bits per heavy atom. The van der Waals surface area contributed by atoms with Crippen LogP contribution in [0.3, 0.4) is 0 Å². The molecule has 0 aliphatic heterocycles. The fourth-order valence-electron chi connectivity index (χ4n) is 4.81. The number of nitrogens with one attached hydrogen (secondary N) is 2. The van der Waals surface area contributed by atoms with Gasteiger partial charge in [-0.05, 0) is 54.8 Å². The molecule has 2 heterocycles. The average molecular weight is 541 g/mol. The topological polar surface area (TPSA) is 97.4 Å². The van der Waals surface area contributed by atoms with E-state index in [2.05, 4.69) is 69.3 Å². The molecule has 0 amide bonds. The second-order valence-corrected chi connectivity index (χ2v) is 9.57. The number of hydrogen-bond donors (Lipinski definition) is 2. The standard InChI is InChI=1S/C31H36N6O3/c1-5-16-37(17-6-2)30-34-29(32-22-12-13-26-24(20-22)23-9-7-8-10-25(23)33-26)35-31(36-30)40-18-15-21-11-14-27(38-3)28(19-21)39-4/h7-14,19-20,33H,5-6,15-18H2,1-4H3,(H,32,34,35,36). The number of H-pyrrole nitrogens is 1. The summed E-state index contributed by atoms with van der Waals surface area (Å²) in [4.78, 5) is 19.7. The highest BCUT2D eigenvalue weighted by Crippen LogP contribution is 2.30. The van der Waals surface area contributed by atoms with Crippen LogP contribution >= 0.6 is 0 Å². The zero-order valence-corrected chi connectivity index (χ0v) is 23.5. The first-order valence-electron chi connectivity index (χ1n) is 13.7. The number of methoxy groups -OCH3 is 2. The second kappa shape index (κ2) is 12.5. The molecule has 5 rings (SSSR count). The van der Waals surface area contributed by atoms with Gasteiger partial charge in [0.15, 0.2) is 11.5 Å². The number of ether oxygens (including phenoxy) is 3. The predicted octanol–water partition coefficient (Wildman–Crippen LogP) is 6.51. The number of benzene rings is 3. The van der Waals surface area contributed by atoms with Gasteiger partial charge in [0.2, 0.25) is 11.9 Å². The molecule has 40 heavy (non-hydrogen) atoms. The predicted molar refractivity (Wildman–Crippen MR) is 160 cm³/mol. The van der Waals surface area contributed by atoms with Crippen LogP contribution in [0.15, 0.2) is 60.7 Å². The molecule has 2 aromatic heterocycles. The first-order valence-corrected chi connectivity index (χ1v) is 13.7. The summed E-state index contributed by atoms with van der Waals surface area (Å²) in [7, 11) is 3.26. The summed E-state index contributed by atoms with van der Waals surface area (Å²) in [5, 5.41) is 5.71. The molecule has 0 saturated heterocycles. The molecule has 0 saturated carbocycles. The van der Waals surface area contributed by atoms with E-state index >= 15 is 0 Å². The van der Waals surface area contributed by atoms with Gasteiger partial charge < -0.3 is 29.4 Å². The van der Waals surface area contributed by atoms with E-state index in [9.17, 15) is 0 Å². The summed E-state index contributed by atoms with van der Waals surface area (Å²) in [6.45, 7) is 6.41. The van der Waals surface area contributed by atoms with Gasteiger partial charge in [0, 0.05) is 47.0 Å². The molecule has 0 fully saturated rings. The molecule has 0 unspecified atom stereocenters. The summed E-state index contributed by atoms with van der Waals surface area (Å²) in [5.41, 5.74) is 4.15. The van der Waals surface area contributed by atoms with Gasteiger partial charge in [0.25, 0.3) is 0 Å². The van der Waals surface area contributed by atoms with Gasteiger partial charge >= 0.3 is 6.01 Å². The molecular weight excluding hydrogens is 504 g/mol. The Balaban J connectivity index is 1.40. The first-order chi connectivity index (χ1) is 19.6. The fraction of sp³-hybridized carbons (Fsp3) is 0.323. The Labute approximate surface area is 234 Å². The molecule has 0 atom stereocenters. The molecule has 0 aliphatic rings. The van der Waals surface area contributed by atoms with Crippen molar-refractivity contribution >= 4 is 39.4 Å². The fourth-order valence-corrected chi connectivity index (χ4v) is 4.81. The maximum Gasteiger partial charge on any atom is 0.323 e.